The summed E-state index contributed by atoms with van der Waals surface area (Å²) in [7, 11) is 1.21. The monoisotopic (exact) mass is 575 g/mol. The predicted molar refractivity (Wildman–Crippen MR) is 128 cm³/mol. The smallest absolute Gasteiger partial charge is 0.416 e. The average molecular weight is 576 g/mol. The van der Waals surface area contributed by atoms with Crippen molar-refractivity contribution >= 4 is 11.7 Å². The summed E-state index contributed by atoms with van der Waals surface area (Å²) in [5.74, 6) is 0. The molecule has 0 aliphatic rings. The van der Waals surface area contributed by atoms with E-state index < -0.39 is 60.9 Å². The number of hydrogen-bond donors (Lipinski definition) is 3. The molecule has 222 valence electrons. The molecule has 2 rings (SSSR count). The number of imidazole rings is 1. The Bertz CT molecular complexity index is 1230. The van der Waals surface area contributed by atoms with E-state index >= 15 is 0 Å². The number of nitrogens with two attached hydrogens (primary N) is 1. The minimum absolute atomic E-state index is 0.000677. The van der Waals surface area contributed by atoms with Crippen molar-refractivity contribution in [3.63, 3.8) is 0 Å². The molecule has 0 aromatic carbocycles. The standard InChI is InChI=1S/C23H34F6N6O4/c1-20(2,3)39-19(36)34-16(12-38-21(4,5)23(27,28)29)14-10-35-18(33-14)7-13(8-32-35)15(11-37-6)31-9-17(30)22(24,25)26/h7-8,10,15-17,31H,9,11-12,30H2,1-6H3,(H,34,36)/t15-,16+,17+/m1/s1/i9D2,17D. The highest BCUT2D eigenvalue weighted by Gasteiger charge is 2.49. The van der Waals surface area contributed by atoms with Crippen molar-refractivity contribution < 1.29 is 49.5 Å². The highest BCUT2D eigenvalue weighted by Crippen LogP contribution is 2.34. The number of methoxy groups -OCH3 is 1. The van der Waals surface area contributed by atoms with Gasteiger partial charge in [-0.25, -0.2) is 14.3 Å². The summed E-state index contributed by atoms with van der Waals surface area (Å²) < 4.78 is 119. The molecule has 16 heteroatoms. The van der Waals surface area contributed by atoms with E-state index in [1.807, 2.05) is 5.32 Å². The van der Waals surface area contributed by atoms with E-state index in [2.05, 4.69) is 15.4 Å². The van der Waals surface area contributed by atoms with Gasteiger partial charge in [-0.2, -0.15) is 31.4 Å². The highest BCUT2D eigenvalue weighted by atomic mass is 19.4. The van der Waals surface area contributed by atoms with Crippen molar-refractivity contribution in [2.45, 2.75) is 76.3 Å². The van der Waals surface area contributed by atoms with Crippen LogP contribution in [0.4, 0.5) is 31.1 Å². The van der Waals surface area contributed by atoms with Gasteiger partial charge in [0.1, 0.15) is 11.6 Å². The maximum Gasteiger partial charge on any atom is 0.416 e. The summed E-state index contributed by atoms with van der Waals surface area (Å²) in [5, 5.41) is 8.55. The molecule has 0 aliphatic carbocycles. The van der Waals surface area contributed by atoms with Crippen LogP contribution in [0.15, 0.2) is 18.5 Å². The molecule has 0 radical (unpaired) electrons. The van der Waals surface area contributed by atoms with Crippen LogP contribution in [0, 0.1) is 0 Å². The summed E-state index contributed by atoms with van der Waals surface area (Å²) in [6.45, 7) is 1.81. The maximum atomic E-state index is 13.4. The van der Waals surface area contributed by atoms with Gasteiger partial charge in [-0.3, -0.25) is 0 Å². The molecule has 2 aromatic heterocycles. The molecular weight excluding hydrogens is 538 g/mol. The number of ether oxygens (including phenoxy) is 3. The second-order valence-corrected chi connectivity index (χ2v) is 9.96. The minimum atomic E-state index is -5.43. The molecule has 0 aliphatic heterocycles. The number of hydrogen-bond acceptors (Lipinski definition) is 8. The number of alkyl halides is 6. The number of nitrogens with one attached hydrogen (secondary N) is 2. The van der Waals surface area contributed by atoms with Gasteiger partial charge in [0.05, 0.1) is 44.8 Å². The van der Waals surface area contributed by atoms with Crippen LogP contribution in [-0.4, -0.2) is 77.1 Å². The van der Waals surface area contributed by atoms with Crippen LogP contribution in [0.1, 0.15) is 62.1 Å². The third-order valence-corrected chi connectivity index (χ3v) is 5.12. The first kappa shape index (κ1) is 27.9. The Labute approximate surface area is 225 Å². The van der Waals surface area contributed by atoms with E-state index in [1.54, 1.807) is 20.8 Å². The molecule has 10 nitrogen and oxygen atoms in total. The Morgan fingerprint density at radius 2 is 1.79 bits per heavy atom. The molecule has 4 N–H and O–H groups in total. The zero-order valence-corrected chi connectivity index (χ0v) is 22.1. The van der Waals surface area contributed by atoms with Crippen LogP contribution in [0.3, 0.4) is 0 Å². The zero-order chi connectivity index (χ0) is 32.5. The molecule has 1 amide bonds. The molecule has 2 heterocycles. The second-order valence-electron chi connectivity index (χ2n) is 9.96. The van der Waals surface area contributed by atoms with E-state index in [9.17, 15) is 31.1 Å². The topological polar surface area (TPSA) is 125 Å². The van der Waals surface area contributed by atoms with Gasteiger partial charge in [0.25, 0.3) is 0 Å². The number of fused-ring (bicyclic) bond motifs is 1. The van der Waals surface area contributed by atoms with Crippen molar-refractivity contribution in [2.24, 2.45) is 5.73 Å². The fraction of sp³-hybridized carbons (Fsp3) is 0.696. The number of carbonyl (C=O) groups is 1. The summed E-state index contributed by atoms with van der Waals surface area (Å²) >= 11 is 0. The first-order valence-corrected chi connectivity index (χ1v) is 11.5. The van der Waals surface area contributed by atoms with E-state index in [4.69, 9.17) is 24.1 Å². The van der Waals surface area contributed by atoms with Gasteiger partial charge in [-0.15, -0.1) is 0 Å². The minimum Gasteiger partial charge on any atom is -0.444 e. The van der Waals surface area contributed by atoms with E-state index in [-0.39, 0.29) is 23.5 Å². The van der Waals surface area contributed by atoms with Gasteiger partial charge in [-0.1, -0.05) is 0 Å². The molecule has 2 aromatic rings. The number of amides is 1. The average Bonchev–Trinajstić information content (AvgIpc) is 3.22. The van der Waals surface area contributed by atoms with Crippen LogP contribution < -0.4 is 16.4 Å². The number of rotatable bonds is 11. The van der Waals surface area contributed by atoms with Crippen molar-refractivity contribution in [3.8, 4) is 0 Å². The van der Waals surface area contributed by atoms with Crippen molar-refractivity contribution in [1.82, 2.24) is 25.2 Å². The molecule has 39 heavy (non-hydrogen) atoms. The maximum absolute atomic E-state index is 13.4. The van der Waals surface area contributed by atoms with Crippen LogP contribution in [0.5, 0.6) is 0 Å². The highest BCUT2D eigenvalue weighted by molar-refractivity contribution is 5.68. The SMILES string of the molecule is [2H]C([2H])(N[C@H](COC)c1cnn2cc([C@H](COC(C)(C)C(F)(F)F)NC(=O)OC(C)(C)C)nc2c1)[C@]([2H])(N)C(F)(F)F. The summed E-state index contributed by atoms with van der Waals surface area (Å²) in [4.78, 5) is 16.7. The molecule has 0 unspecified atom stereocenters. The van der Waals surface area contributed by atoms with Gasteiger partial charge >= 0.3 is 18.4 Å². The number of alkyl carbamates (subject to hydrolysis) is 1. The van der Waals surface area contributed by atoms with Gasteiger partial charge in [0.2, 0.25) is 0 Å². The Balaban J connectivity index is 2.46. The Kier molecular flexibility index (Phi) is 8.73. The quantitative estimate of drug-likeness (QED) is 0.346. The van der Waals surface area contributed by atoms with E-state index in [0.717, 1.165) is 20.0 Å². The second kappa shape index (κ2) is 12.2. The number of aromatic nitrogens is 3. The molecule has 0 saturated heterocycles. The van der Waals surface area contributed by atoms with Gasteiger partial charge < -0.3 is 30.6 Å². The molecule has 0 fully saturated rings. The fourth-order valence-corrected chi connectivity index (χ4v) is 2.92. The Hall–Kier alpha value is -2.69. The molecule has 0 bridgehead atoms. The van der Waals surface area contributed by atoms with Crippen LogP contribution in [-0.2, 0) is 14.2 Å². The van der Waals surface area contributed by atoms with E-state index in [1.165, 1.54) is 23.9 Å². The van der Waals surface area contributed by atoms with Crippen LogP contribution in [0.2, 0.25) is 0 Å². The van der Waals surface area contributed by atoms with Gasteiger partial charge in [0.15, 0.2) is 11.2 Å². The molecule has 0 spiro atoms. The van der Waals surface area contributed by atoms with Crippen molar-refractivity contribution in [3.05, 3.63) is 29.7 Å². The fourth-order valence-electron chi connectivity index (χ4n) is 2.92. The van der Waals surface area contributed by atoms with Crippen LogP contribution in [0.25, 0.3) is 5.65 Å². The summed E-state index contributed by atoms with van der Waals surface area (Å²) in [6.07, 6.45) is -8.70. The molecule has 0 saturated carbocycles. The lowest BCUT2D eigenvalue weighted by molar-refractivity contribution is -0.265. The summed E-state index contributed by atoms with van der Waals surface area (Å²) in [6, 6.07) is -5.30. The molecular formula is C23H34F6N6O4. The number of halogens is 6. The zero-order valence-electron chi connectivity index (χ0n) is 25.1. The lowest BCUT2D eigenvalue weighted by Crippen LogP contribution is -2.46. The Morgan fingerprint density at radius 3 is 2.33 bits per heavy atom. The first-order chi connectivity index (χ1) is 18.8. The Morgan fingerprint density at radius 1 is 1.15 bits per heavy atom. The third-order valence-electron chi connectivity index (χ3n) is 5.12. The normalized spacial score (nSPS) is 18.0. The molecule has 3 atom stereocenters. The number of carbonyl (C=O) groups excluding carboxylic acids is 1. The van der Waals surface area contributed by atoms with Gasteiger partial charge in [0, 0.05) is 16.3 Å². The first-order valence-electron chi connectivity index (χ1n) is 13.0. The van der Waals surface area contributed by atoms with Crippen molar-refractivity contribution in [2.75, 3.05) is 26.8 Å². The largest absolute Gasteiger partial charge is 0.444 e. The van der Waals surface area contributed by atoms with Crippen molar-refractivity contribution in [1.29, 1.82) is 0 Å². The predicted octanol–water partition coefficient (Wildman–Crippen LogP) is 3.82. The summed E-state index contributed by atoms with van der Waals surface area (Å²) in [5.41, 5.74) is 1.57. The third kappa shape index (κ3) is 9.47. The number of nitrogens with zero attached hydrogens (tertiary/aromatic N) is 3. The lowest BCUT2D eigenvalue weighted by Gasteiger charge is -2.30. The van der Waals surface area contributed by atoms with E-state index in [0.29, 0.717) is 0 Å². The van der Waals surface area contributed by atoms with Gasteiger partial charge in [-0.05, 0) is 46.2 Å². The van der Waals surface area contributed by atoms with Crippen LogP contribution >= 0.6 is 0 Å². The lowest BCUT2D eigenvalue weighted by atomic mass is 10.1.